The summed E-state index contributed by atoms with van der Waals surface area (Å²) in [5, 5.41) is 0. The van der Waals surface area contributed by atoms with Gasteiger partial charge in [-0.3, -0.25) is 0 Å². The largest absolute Gasteiger partial charge is 0.462 e. The number of ether oxygens (including phenoxy) is 2. The molecule has 0 aliphatic rings. The van der Waals surface area contributed by atoms with Crippen molar-refractivity contribution in [2.45, 2.75) is 38.2 Å². The molecule has 4 nitrogen and oxygen atoms in total. The van der Waals surface area contributed by atoms with Gasteiger partial charge in [0.25, 0.3) is 0 Å². The Hall–Kier alpha value is -1.84. The molecule has 19 heavy (non-hydrogen) atoms. The van der Waals surface area contributed by atoms with Gasteiger partial charge in [0, 0.05) is 18.6 Å². The Morgan fingerprint density at radius 3 is 2.26 bits per heavy atom. The summed E-state index contributed by atoms with van der Waals surface area (Å²) in [5.41, 5.74) is 0. The van der Waals surface area contributed by atoms with Crippen LogP contribution < -0.4 is 0 Å². The summed E-state index contributed by atoms with van der Waals surface area (Å²) in [7, 11) is 0. The second-order valence-electron chi connectivity index (χ2n) is 4.00. The van der Waals surface area contributed by atoms with Gasteiger partial charge < -0.3 is 9.47 Å². The number of carbonyl (C=O) groups is 2. The molecule has 0 aliphatic heterocycles. The molecule has 0 fully saturated rings. The van der Waals surface area contributed by atoms with Gasteiger partial charge in [-0.2, -0.15) is 0 Å². The van der Waals surface area contributed by atoms with Gasteiger partial charge in [-0.05, 0) is 25.7 Å². The average molecular weight is 266 g/mol. The van der Waals surface area contributed by atoms with Gasteiger partial charge in [0.05, 0.1) is 6.61 Å². The number of unbranched alkanes of at least 4 members (excludes halogenated alkanes) is 2. The molecule has 106 valence electrons. The minimum absolute atomic E-state index is 0.210. The summed E-state index contributed by atoms with van der Waals surface area (Å²) in [6, 6.07) is 0. The van der Waals surface area contributed by atoms with Crippen molar-refractivity contribution in [1.29, 1.82) is 0 Å². The van der Waals surface area contributed by atoms with Crippen LogP contribution >= 0.6 is 0 Å². The molecule has 0 saturated carbocycles. The van der Waals surface area contributed by atoms with Crippen LogP contribution in [0.1, 0.15) is 32.1 Å². The van der Waals surface area contributed by atoms with Crippen molar-refractivity contribution in [1.82, 2.24) is 0 Å². The van der Waals surface area contributed by atoms with Crippen molar-refractivity contribution in [3.05, 3.63) is 38.0 Å². The summed E-state index contributed by atoms with van der Waals surface area (Å²) in [6.45, 7) is 10.5. The highest BCUT2D eigenvalue weighted by Crippen LogP contribution is 2.11. The Kier molecular flexibility index (Phi) is 10.2. The molecule has 1 unspecified atom stereocenters. The van der Waals surface area contributed by atoms with E-state index in [1.54, 1.807) is 0 Å². The maximum absolute atomic E-state index is 11.2. The maximum atomic E-state index is 11.2. The first-order valence-electron chi connectivity index (χ1n) is 6.37. The van der Waals surface area contributed by atoms with Crippen LogP contribution in [0.2, 0.25) is 0 Å². The minimum atomic E-state index is -0.472. The summed E-state index contributed by atoms with van der Waals surface area (Å²) < 4.78 is 10.1. The zero-order valence-corrected chi connectivity index (χ0v) is 11.3. The molecule has 1 atom stereocenters. The van der Waals surface area contributed by atoms with E-state index in [9.17, 15) is 9.59 Å². The van der Waals surface area contributed by atoms with Gasteiger partial charge in [-0.15, -0.1) is 6.58 Å². The average Bonchev–Trinajstić information content (AvgIpc) is 2.42. The van der Waals surface area contributed by atoms with Crippen molar-refractivity contribution in [2.24, 2.45) is 0 Å². The third-order valence-electron chi connectivity index (χ3n) is 2.48. The zero-order chi connectivity index (χ0) is 14.5. The first-order chi connectivity index (χ1) is 9.13. The van der Waals surface area contributed by atoms with E-state index in [0.717, 1.165) is 37.8 Å². The van der Waals surface area contributed by atoms with E-state index < -0.39 is 11.9 Å². The predicted octanol–water partition coefficient (Wildman–Crippen LogP) is 2.95. The Morgan fingerprint density at radius 2 is 1.68 bits per heavy atom. The van der Waals surface area contributed by atoms with Crippen LogP contribution in [0.4, 0.5) is 0 Å². The van der Waals surface area contributed by atoms with Crippen LogP contribution in [0.5, 0.6) is 0 Å². The van der Waals surface area contributed by atoms with Gasteiger partial charge in [0.1, 0.15) is 6.10 Å². The van der Waals surface area contributed by atoms with Crippen LogP contribution in [0.3, 0.4) is 0 Å². The molecular formula is C15H22O4. The fourth-order valence-corrected chi connectivity index (χ4v) is 1.49. The quantitative estimate of drug-likeness (QED) is 0.250. The molecule has 0 spiro atoms. The smallest absolute Gasteiger partial charge is 0.330 e. The van der Waals surface area contributed by atoms with Crippen molar-refractivity contribution in [2.75, 3.05) is 6.61 Å². The maximum Gasteiger partial charge on any atom is 0.330 e. The monoisotopic (exact) mass is 266 g/mol. The number of carbonyl (C=O) groups excluding carboxylic acids is 2. The Labute approximate surface area is 114 Å². The van der Waals surface area contributed by atoms with E-state index in [-0.39, 0.29) is 12.7 Å². The van der Waals surface area contributed by atoms with Gasteiger partial charge in [0.15, 0.2) is 0 Å². The third-order valence-corrected chi connectivity index (χ3v) is 2.48. The summed E-state index contributed by atoms with van der Waals surface area (Å²) in [4.78, 5) is 22.1. The molecule has 0 N–H and O–H groups in total. The van der Waals surface area contributed by atoms with E-state index in [1.165, 1.54) is 0 Å². The predicted molar refractivity (Wildman–Crippen MR) is 74.5 cm³/mol. The highest BCUT2D eigenvalue weighted by Gasteiger charge is 2.13. The second-order valence-corrected chi connectivity index (χ2v) is 4.00. The molecule has 0 rings (SSSR count). The van der Waals surface area contributed by atoms with Crippen molar-refractivity contribution >= 4 is 11.9 Å². The lowest BCUT2D eigenvalue weighted by atomic mass is 10.1. The highest BCUT2D eigenvalue weighted by molar-refractivity contribution is 5.81. The summed E-state index contributed by atoms with van der Waals surface area (Å²) >= 11 is 0. The number of hydrogen-bond donors (Lipinski definition) is 0. The Bertz CT molecular complexity index is 320. The third kappa shape index (κ3) is 9.83. The Morgan fingerprint density at radius 1 is 1.00 bits per heavy atom. The summed E-state index contributed by atoms with van der Waals surface area (Å²) in [6.07, 6.45) is 7.92. The van der Waals surface area contributed by atoms with Gasteiger partial charge in [-0.25, -0.2) is 9.59 Å². The Balaban J connectivity index is 4.05. The van der Waals surface area contributed by atoms with Crippen molar-refractivity contribution in [3.63, 3.8) is 0 Å². The van der Waals surface area contributed by atoms with E-state index >= 15 is 0 Å². The number of esters is 2. The van der Waals surface area contributed by atoms with E-state index in [0.29, 0.717) is 6.42 Å². The molecule has 0 aromatic carbocycles. The number of hydrogen-bond acceptors (Lipinski definition) is 4. The van der Waals surface area contributed by atoms with Crippen LogP contribution in [0.15, 0.2) is 38.0 Å². The van der Waals surface area contributed by atoms with Crippen LogP contribution in [0.25, 0.3) is 0 Å². The first kappa shape index (κ1) is 17.2. The van der Waals surface area contributed by atoms with Crippen molar-refractivity contribution in [3.8, 4) is 0 Å². The number of allylic oxidation sites excluding steroid dienone is 1. The minimum Gasteiger partial charge on any atom is -0.462 e. The van der Waals surface area contributed by atoms with Crippen molar-refractivity contribution < 1.29 is 19.1 Å². The van der Waals surface area contributed by atoms with Crippen LogP contribution in [0, 0.1) is 0 Å². The molecule has 0 aromatic rings. The van der Waals surface area contributed by atoms with Gasteiger partial charge in [0.2, 0.25) is 0 Å². The zero-order valence-electron chi connectivity index (χ0n) is 11.3. The molecular weight excluding hydrogens is 244 g/mol. The van der Waals surface area contributed by atoms with E-state index in [4.69, 9.17) is 9.47 Å². The molecule has 0 amide bonds. The topological polar surface area (TPSA) is 52.6 Å². The standard InChI is InChI=1S/C15H22O4/c1-4-7-8-9-10-13(19-15(17)6-3)11-12-18-14(16)5-2/h4-6,13H,1-3,7-12H2. The fourth-order valence-electron chi connectivity index (χ4n) is 1.49. The van der Waals surface area contributed by atoms with Gasteiger partial charge >= 0.3 is 11.9 Å². The molecule has 0 bridgehead atoms. The summed E-state index contributed by atoms with van der Waals surface area (Å²) in [5.74, 6) is -0.927. The van der Waals surface area contributed by atoms with Gasteiger partial charge in [-0.1, -0.05) is 19.2 Å². The molecule has 0 radical (unpaired) electrons. The SMILES string of the molecule is C=CCCCCC(CCOC(=O)C=C)OC(=O)C=C. The molecule has 0 aromatic heterocycles. The molecule has 0 aliphatic carbocycles. The first-order valence-corrected chi connectivity index (χ1v) is 6.37. The lowest BCUT2D eigenvalue weighted by molar-refractivity contribution is -0.145. The molecule has 0 heterocycles. The number of rotatable bonds is 11. The highest BCUT2D eigenvalue weighted by atomic mass is 16.6. The lowest BCUT2D eigenvalue weighted by Gasteiger charge is -2.16. The second kappa shape index (κ2) is 11.3. The van der Waals surface area contributed by atoms with Crippen LogP contribution in [-0.2, 0) is 19.1 Å². The normalized spacial score (nSPS) is 11.2. The van der Waals surface area contributed by atoms with E-state index in [2.05, 4.69) is 19.7 Å². The van der Waals surface area contributed by atoms with Crippen LogP contribution in [-0.4, -0.2) is 24.6 Å². The van der Waals surface area contributed by atoms with E-state index in [1.807, 2.05) is 6.08 Å². The fraction of sp³-hybridized carbons (Fsp3) is 0.467. The molecule has 0 saturated heterocycles. The molecule has 4 heteroatoms. The lowest BCUT2D eigenvalue weighted by Crippen LogP contribution is -2.19.